The highest BCUT2D eigenvalue weighted by molar-refractivity contribution is 7.99. The Morgan fingerprint density at radius 3 is 2.58 bits per heavy atom. The van der Waals surface area contributed by atoms with E-state index in [0.29, 0.717) is 27.1 Å². The first-order chi connectivity index (χ1) is 12.6. The topological polar surface area (TPSA) is 47.8 Å². The molecule has 1 saturated carbocycles. The van der Waals surface area contributed by atoms with Gasteiger partial charge in [-0.15, -0.1) is 10.2 Å². The van der Waals surface area contributed by atoms with E-state index in [1.54, 1.807) is 42.5 Å². The van der Waals surface area contributed by atoms with Gasteiger partial charge in [0.05, 0.1) is 11.3 Å². The Balaban J connectivity index is 1.57. The smallest absolute Gasteiger partial charge is 0.192 e. The van der Waals surface area contributed by atoms with Crippen LogP contribution in [0.5, 0.6) is 0 Å². The first kappa shape index (κ1) is 17.2. The quantitative estimate of drug-likeness (QED) is 0.438. The summed E-state index contributed by atoms with van der Waals surface area (Å²) in [5.74, 6) is 0.427. The highest BCUT2D eigenvalue weighted by Gasteiger charge is 2.31. The van der Waals surface area contributed by atoms with Gasteiger partial charge in [0, 0.05) is 16.6 Å². The van der Waals surface area contributed by atoms with Gasteiger partial charge in [-0.3, -0.25) is 9.36 Å². The van der Waals surface area contributed by atoms with Gasteiger partial charge < -0.3 is 0 Å². The third-order valence-electron chi connectivity index (χ3n) is 4.19. The van der Waals surface area contributed by atoms with Crippen molar-refractivity contribution in [2.75, 3.05) is 5.75 Å². The number of ketones is 1. The molecule has 2 aromatic carbocycles. The molecule has 0 aliphatic heterocycles. The van der Waals surface area contributed by atoms with Crippen molar-refractivity contribution < 1.29 is 9.18 Å². The third kappa shape index (κ3) is 3.52. The van der Waals surface area contributed by atoms with Crippen LogP contribution in [0.1, 0.15) is 29.2 Å². The summed E-state index contributed by atoms with van der Waals surface area (Å²) >= 11 is 7.19. The number of carbonyl (C=O) groups excluding carboxylic acids is 1. The van der Waals surface area contributed by atoms with Crippen LogP contribution in [-0.2, 0) is 0 Å². The number of hydrogen-bond donors (Lipinski definition) is 0. The summed E-state index contributed by atoms with van der Waals surface area (Å²) in [6.07, 6.45) is 2.02. The second-order valence-corrected chi connectivity index (χ2v) is 7.48. The standard InChI is InChI=1S/C19H15ClFN3OS/c20-13-7-5-12(6-8-13)17(25)11-26-19-23-22-18(24(19)14-9-10-14)15-3-1-2-4-16(15)21/h1-8,14H,9-11H2. The highest BCUT2D eigenvalue weighted by Crippen LogP contribution is 2.41. The largest absolute Gasteiger partial charge is 0.299 e. The van der Waals surface area contributed by atoms with Gasteiger partial charge in [0.15, 0.2) is 16.8 Å². The van der Waals surface area contributed by atoms with Crippen LogP contribution in [0.2, 0.25) is 5.02 Å². The predicted octanol–water partition coefficient (Wildman–Crippen LogP) is 5.05. The van der Waals surface area contributed by atoms with Crippen molar-refractivity contribution in [1.82, 2.24) is 14.8 Å². The third-order valence-corrected chi connectivity index (χ3v) is 5.38. The number of thioether (sulfide) groups is 1. The van der Waals surface area contributed by atoms with E-state index in [1.807, 2.05) is 4.57 Å². The first-order valence-corrected chi connectivity index (χ1v) is 9.61. The van der Waals surface area contributed by atoms with E-state index in [1.165, 1.54) is 17.8 Å². The second kappa shape index (κ2) is 7.21. The zero-order chi connectivity index (χ0) is 18.1. The zero-order valence-corrected chi connectivity index (χ0v) is 15.3. The van der Waals surface area contributed by atoms with Crippen molar-refractivity contribution >= 4 is 29.1 Å². The fourth-order valence-corrected chi connectivity index (χ4v) is 3.74. The minimum atomic E-state index is -0.324. The number of carbonyl (C=O) groups is 1. The van der Waals surface area contributed by atoms with Crippen LogP contribution in [0.15, 0.2) is 53.7 Å². The summed E-state index contributed by atoms with van der Waals surface area (Å²) in [6, 6.07) is 13.6. The van der Waals surface area contributed by atoms with Crippen molar-refractivity contribution in [1.29, 1.82) is 0 Å². The van der Waals surface area contributed by atoms with Crippen LogP contribution >= 0.6 is 23.4 Å². The molecule has 7 heteroatoms. The average Bonchev–Trinajstić information content (AvgIpc) is 3.40. The number of Topliss-reactive ketones (excluding diaryl/α,β-unsaturated/α-hetero) is 1. The van der Waals surface area contributed by atoms with E-state index >= 15 is 0 Å². The van der Waals surface area contributed by atoms with Gasteiger partial charge in [-0.2, -0.15) is 0 Å². The summed E-state index contributed by atoms with van der Waals surface area (Å²) in [4.78, 5) is 12.4. The Labute approximate surface area is 159 Å². The van der Waals surface area contributed by atoms with E-state index in [4.69, 9.17) is 11.6 Å². The summed E-state index contributed by atoms with van der Waals surface area (Å²) in [5, 5.41) is 9.65. The fourth-order valence-electron chi connectivity index (χ4n) is 2.71. The van der Waals surface area contributed by atoms with E-state index in [0.717, 1.165) is 12.8 Å². The Morgan fingerprint density at radius 1 is 1.15 bits per heavy atom. The number of aromatic nitrogens is 3. The lowest BCUT2D eigenvalue weighted by molar-refractivity contribution is 0.102. The lowest BCUT2D eigenvalue weighted by Gasteiger charge is -2.09. The maximum atomic E-state index is 14.2. The van der Waals surface area contributed by atoms with E-state index in [-0.39, 0.29) is 23.4 Å². The molecule has 1 fully saturated rings. The van der Waals surface area contributed by atoms with Gasteiger partial charge in [0.1, 0.15) is 5.82 Å². The van der Waals surface area contributed by atoms with Crippen molar-refractivity contribution in [3.8, 4) is 11.4 Å². The number of hydrogen-bond acceptors (Lipinski definition) is 4. The van der Waals surface area contributed by atoms with Crippen LogP contribution in [0.4, 0.5) is 4.39 Å². The summed E-state index contributed by atoms with van der Waals surface area (Å²) in [6.45, 7) is 0. The molecule has 1 heterocycles. The molecule has 0 atom stereocenters. The monoisotopic (exact) mass is 387 g/mol. The Bertz CT molecular complexity index is 954. The lowest BCUT2D eigenvalue weighted by Crippen LogP contribution is -2.05. The Hall–Kier alpha value is -2.18. The fraction of sp³-hybridized carbons (Fsp3) is 0.211. The molecule has 0 amide bonds. The van der Waals surface area contributed by atoms with E-state index < -0.39 is 0 Å². The maximum absolute atomic E-state index is 14.2. The molecule has 0 bridgehead atoms. The summed E-state index contributed by atoms with van der Waals surface area (Å²) in [7, 11) is 0. The normalized spacial score (nSPS) is 13.8. The maximum Gasteiger partial charge on any atom is 0.192 e. The molecule has 1 aromatic heterocycles. The number of benzene rings is 2. The summed E-state index contributed by atoms with van der Waals surface area (Å²) < 4.78 is 16.1. The predicted molar refractivity (Wildman–Crippen MR) is 100 cm³/mol. The highest BCUT2D eigenvalue weighted by atomic mass is 35.5. The first-order valence-electron chi connectivity index (χ1n) is 8.25. The molecule has 0 N–H and O–H groups in total. The van der Waals surface area contributed by atoms with Crippen molar-refractivity contribution in [2.45, 2.75) is 24.0 Å². The van der Waals surface area contributed by atoms with Crippen LogP contribution < -0.4 is 0 Å². The molecule has 26 heavy (non-hydrogen) atoms. The SMILES string of the molecule is O=C(CSc1nnc(-c2ccccc2F)n1C1CC1)c1ccc(Cl)cc1. The van der Waals surface area contributed by atoms with Crippen molar-refractivity contribution in [2.24, 2.45) is 0 Å². The zero-order valence-electron chi connectivity index (χ0n) is 13.7. The van der Waals surface area contributed by atoms with Crippen molar-refractivity contribution in [3.63, 3.8) is 0 Å². The molecule has 0 radical (unpaired) electrons. The number of nitrogens with zero attached hydrogens (tertiary/aromatic N) is 3. The van der Waals surface area contributed by atoms with Gasteiger partial charge >= 0.3 is 0 Å². The minimum Gasteiger partial charge on any atom is -0.299 e. The molecular weight excluding hydrogens is 373 g/mol. The van der Waals surface area contributed by atoms with Gasteiger partial charge in [-0.25, -0.2) is 4.39 Å². The van der Waals surface area contributed by atoms with E-state index in [2.05, 4.69) is 10.2 Å². The van der Waals surface area contributed by atoms with Gasteiger partial charge in [0.25, 0.3) is 0 Å². The molecule has 0 unspecified atom stereocenters. The molecule has 0 spiro atoms. The molecule has 0 saturated heterocycles. The molecule has 3 aromatic rings. The Kier molecular flexibility index (Phi) is 4.78. The average molecular weight is 388 g/mol. The lowest BCUT2D eigenvalue weighted by atomic mass is 10.1. The van der Waals surface area contributed by atoms with Crippen LogP contribution in [0.3, 0.4) is 0 Å². The molecular formula is C19H15ClFN3OS. The van der Waals surface area contributed by atoms with Crippen LogP contribution in [0.25, 0.3) is 11.4 Å². The van der Waals surface area contributed by atoms with Crippen LogP contribution in [-0.4, -0.2) is 26.3 Å². The minimum absolute atomic E-state index is 0.00976. The number of rotatable bonds is 6. The van der Waals surface area contributed by atoms with Crippen LogP contribution in [0, 0.1) is 5.82 Å². The van der Waals surface area contributed by atoms with Gasteiger partial charge in [-0.1, -0.05) is 35.5 Å². The van der Waals surface area contributed by atoms with E-state index in [9.17, 15) is 9.18 Å². The molecule has 1 aliphatic rings. The summed E-state index contributed by atoms with van der Waals surface area (Å²) in [5.41, 5.74) is 1.04. The molecule has 132 valence electrons. The van der Waals surface area contributed by atoms with Crippen molar-refractivity contribution in [3.05, 3.63) is 64.9 Å². The second-order valence-electron chi connectivity index (χ2n) is 6.11. The Morgan fingerprint density at radius 2 is 1.88 bits per heavy atom. The number of halogens is 2. The molecule has 4 nitrogen and oxygen atoms in total. The molecule has 4 rings (SSSR count). The molecule has 1 aliphatic carbocycles. The van der Waals surface area contributed by atoms with Gasteiger partial charge in [-0.05, 0) is 49.2 Å². The van der Waals surface area contributed by atoms with Gasteiger partial charge in [0.2, 0.25) is 0 Å².